The normalized spacial score (nSPS) is 8.86. The summed E-state index contributed by atoms with van der Waals surface area (Å²) in [4.78, 5) is 29.6. The second kappa shape index (κ2) is 8.94. The van der Waals surface area contributed by atoms with Crippen molar-refractivity contribution in [1.82, 2.24) is 0 Å². The first-order chi connectivity index (χ1) is 8.84. The van der Waals surface area contributed by atoms with E-state index in [9.17, 15) is 30.3 Å². The van der Waals surface area contributed by atoms with E-state index in [0.29, 0.717) is 6.07 Å². The second-order valence-corrected chi connectivity index (χ2v) is 4.48. The molecule has 21 heavy (non-hydrogen) atoms. The van der Waals surface area contributed by atoms with Gasteiger partial charge in [-0.2, -0.15) is 0 Å². The van der Waals surface area contributed by atoms with E-state index in [1.54, 1.807) is 0 Å². The molecule has 0 atom stereocenters. The Morgan fingerprint density at radius 3 is 1.33 bits per heavy atom. The summed E-state index contributed by atoms with van der Waals surface area (Å²) in [6, 6.07) is 0.591. The van der Waals surface area contributed by atoms with Crippen molar-refractivity contribution in [2.24, 2.45) is 0 Å². The molecule has 0 aliphatic carbocycles. The van der Waals surface area contributed by atoms with E-state index in [2.05, 4.69) is 0 Å². The molecule has 0 saturated carbocycles. The quantitative estimate of drug-likeness (QED) is 0.205. The number of benzene rings is 1. The van der Waals surface area contributed by atoms with Crippen LogP contribution < -0.4 is 5.37 Å². The molecule has 0 spiro atoms. The summed E-state index contributed by atoms with van der Waals surface area (Å²) in [7, 11) is 0. The number of nitrogens with zero attached hydrogens (tertiary/aromatic N) is 3. The summed E-state index contributed by atoms with van der Waals surface area (Å²) < 4.78 is 9.49. The van der Waals surface area contributed by atoms with Crippen LogP contribution in [-0.2, 0) is 0 Å². The summed E-state index contributed by atoms with van der Waals surface area (Å²) in [6.45, 7) is 0. The molecule has 0 amide bonds. The standard InChI is InChI=1S/C6H3N3O8.2H2O.2Pb/c10-5-2(7(12)13)1-3(8(14)15)6(11)4(5)9(16)17;;;;/h1,10-11H;2*1H2;;/q;;;2*+1/p-2. The molecule has 4 N–H and O–H groups in total. The van der Waals surface area contributed by atoms with Gasteiger partial charge in [-0.1, -0.05) is 0 Å². The van der Waals surface area contributed by atoms with Gasteiger partial charge in [0.1, 0.15) is 0 Å². The minimum absolute atomic E-state index is 0. The third-order valence-electron chi connectivity index (χ3n) is 1.95. The van der Waals surface area contributed by atoms with Gasteiger partial charge in [0.05, 0.1) is 0 Å². The molecule has 0 aromatic heterocycles. The first-order valence-electron chi connectivity index (χ1n) is 4.16. The van der Waals surface area contributed by atoms with E-state index in [1.165, 1.54) is 0 Å². The fraction of sp³-hybridized carbons (Fsp3) is 0. The maximum absolute atomic E-state index is 10.9. The third kappa shape index (κ3) is 4.37. The first-order valence-corrected chi connectivity index (χ1v) is 7.33. The van der Waals surface area contributed by atoms with Crippen LogP contribution in [0.3, 0.4) is 0 Å². The Morgan fingerprint density at radius 1 is 0.810 bits per heavy atom. The van der Waals surface area contributed by atoms with Gasteiger partial charge in [0.25, 0.3) is 0 Å². The number of nitro groups is 3. The number of nitro benzene ring substituents is 3. The van der Waals surface area contributed by atoms with Gasteiger partial charge in [-0.15, -0.1) is 0 Å². The Kier molecular flexibility index (Phi) is 9.39. The fourth-order valence-electron chi connectivity index (χ4n) is 1.24. The molecule has 6 radical (unpaired) electrons. The van der Waals surface area contributed by atoms with Crippen LogP contribution in [-0.4, -0.2) is 78.2 Å². The van der Waals surface area contributed by atoms with Crippen LogP contribution >= 0.6 is 0 Å². The van der Waals surface area contributed by atoms with Gasteiger partial charge in [-0.25, -0.2) is 0 Å². The van der Waals surface area contributed by atoms with Crippen molar-refractivity contribution < 1.29 is 31.1 Å². The van der Waals surface area contributed by atoms with E-state index in [0.717, 1.165) is 0 Å². The van der Waals surface area contributed by atoms with E-state index in [1.807, 2.05) is 0 Å². The maximum atomic E-state index is 10.9. The van der Waals surface area contributed by atoms with Gasteiger partial charge in [0, 0.05) is 0 Å². The molecule has 0 bridgehead atoms. The number of hydrogen-bond donors (Lipinski definition) is 0. The molecular weight excluding hydrogens is 688 g/mol. The molecule has 0 heterocycles. The van der Waals surface area contributed by atoms with Crippen LogP contribution in [0.5, 0.6) is 11.5 Å². The van der Waals surface area contributed by atoms with Crippen molar-refractivity contribution in [2.45, 2.75) is 0 Å². The molecule has 0 unspecified atom stereocenters. The van der Waals surface area contributed by atoms with Gasteiger partial charge in [-0.05, 0) is 0 Å². The van der Waals surface area contributed by atoms with Crippen LogP contribution in [0, 0.1) is 30.3 Å². The minimum atomic E-state index is -1.000. The zero-order chi connectivity index (χ0) is 14.7. The van der Waals surface area contributed by atoms with Crippen LogP contribution in [0.2, 0.25) is 0 Å². The molecule has 112 valence electrons. The van der Waals surface area contributed by atoms with Gasteiger partial charge in [-0.3, -0.25) is 0 Å². The van der Waals surface area contributed by atoms with E-state index < -0.39 is 43.3 Å². The molecule has 0 aliphatic heterocycles. The zero-order valence-corrected chi connectivity index (χ0v) is 17.5. The molecular formula is C6H5N3O10Pb2. The predicted octanol–water partition coefficient (Wildman–Crippen LogP) is -1.31. The van der Waals surface area contributed by atoms with Gasteiger partial charge in [0.2, 0.25) is 0 Å². The van der Waals surface area contributed by atoms with Gasteiger partial charge < -0.3 is 11.0 Å². The average Bonchev–Trinajstić information content (AvgIpc) is 2.35. The topological polar surface area (TPSA) is 211 Å². The molecule has 1 aromatic carbocycles. The Balaban J connectivity index is 0. The van der Waals surface area contributed by atoms with Gasteiger partial charge in [0.15, 0.2) is 0 Å². The van der Waals surface area contributed by atoms with Crippen LogP contribution in [0.4, 0.5) is 17.1 Å². The summed E-state index contributed by atoms with van der Waals surface area (Å²) in [5, 5.41) is 32.5. The predicted molar refractivity (Wildman–Crippen MR) is 66.4 cm³/mol. The molecule has 0 aliphatic rings. The Bertz CT molecular complexity index is 538. The molecule has 1 rings (SSSR count). The van der Waals surface area contributed by atoms with Crippen LogP contribution in [0.1, 0.15) is 0 Å². The Morgan fingerprint density at radius 2 is 1.14 bits per heavy atom. The van der Waals surface area contributed by atoms with E-state index in [4.69, 9.17) is 5.37 Å². The molecule has 0 saturated heterocycles. The van der Waals surface area contributed by atoms with E-state index in [-0.39, 0.29) is 63.4 Å². The Hall–Kier alpha value is -1.22. The van der Waals surface area contributed by atoms with Crippen molar-refractivity contribution >= 4 is 69.5 Å². The van der Waals surface area contributed by atoms with Crippen LogP contribution in [0.15, 0.2) is 6.07 Å². The van der Waals surface area contributed by atoms with Crippen LogP contribution in [0.25, 0.3) is 0 Å². The zero-order valence-electron chi connectivity index (χ0n) is 9.68. The van der Waals surface area contributed by atoms with Crippen molar-refractivity contribution in [3.05, 3.63) is 36.4 Å². The van der Waals surface area contributed by atoms with Crippen molar-refractivity contribution in [1.29, 1.82) is 0 Å². The first kappa shape index (κ1) is 22.1. The average molecular weight is 694 g/mol. The second-order valence-electron chi connectivity index (χ2n) is 2.90. The van der Waals surface area contributed by atoms with Gasteiger partial charge >= 0.3 is 138 Å². The SMILES string of the molecule is O.O.O=[N+]([O-])c1cc([N+](=O)[O-])c([O][Pb])c([N+](=O)[O-])c1[O][Pb]. The summed E-state index contributed by atoms with van der Waals surface area (Å²) in [5.74, 6) is -1.25. The molecule has 1 aromatic rings. The van der Waals surface area contributed by atoms with Crippen molar-refractivity contribution in [2.75, 3.05) is 0 Å². The fourth-order valence-corrected chi connectivity index (χ4v) is 2.81. The number of rotatable bonds is 5. The molecule has 13 nitrogen and oxygen atoms in total. The number of hydrogen-bond acceptors (Lipinski definition) is 8. The summed E-state index contributed by atoms with van der Waals surface area (Å²) >= 11 is -0.126. The molecule has 0 fully saturated rings. The molecule has 15 heteroatoms. The van der Waals surface area contributed by atoms with Crippen molar-refractivity contribution in [3.63, 3.8) is 0 Å². The third-order valence-corrected chi connectivity index (χ3v) is 3.54. The summed E-state index contributed by atoms with van der Waals surface area (Å²) in [6.07, 6.45) is 0. The Labute approximate surface area is 148 Å². The summed E-state index contributed by atoms with van der Waals surface area (Å²) in [5.41, 5.74) is -2.57. The van der Waals surface area contributed by atoms with E-state index >= 15 is 0 Å². The van der Waals surface area contributed by atoms with Crippen molar-refractivity contribution in [3.8, 4) is 11.5 Å². The monoisotopic (exact) mass is 695 g/mol.